The Kier molecular flexibility index (Phi) is 10.2. The van der Waals surface area contributed by atoms with Gasteiger partial charge in [0.2, 0.25) is 5.89 Å². The smallest absolute Gasteiger partial charge is 0.292 e. The molecule has 0 fully saturated rings. The number of alkyl halides is 2. The van der Waals surface area contributed by atoms with Gasteiger partial charge in [0.15, 0.2) is 0 Å². The lowest BCUT2D eigenvalue weighted by Gasteiger charge is -2.22. The Morgan fingerprint density at radius 2 is 1.89 bits per heavy atom. The molecule has 0 saturated heterocycles. The molecule has 0 bridgehead atoms. The first-order valence-electron chi connectivity index (χ1n) is 11.3. The third-order valence-electron chi connectivity index (χ3n) is 5.20. The maximum atomic E-state index is 12.7. The van der Waals surface area contributed by atoms with E-state index < -0.39 is 4.92 Å². The van der Waals surface area contributed by atoms with Crippen LogP contribution >= 0.6 is 46.3 Å². The predicted molar refractivity (Wildman–Crippen MR) is 146 cm³/mol. The highest BCUT2D eigenvalue weighted by atomic mass is 35.5. The summed E-state index contributed by atoms with van der Waals surface area (Å²) < 4.78 is 6.78. The third-order valence-corrected chi connectivity index (χ3v) is 7.71. The second-order valence-corrected chi connectivity index (χ2v) is 12.2. The molecule has 0 saturated carbocycles. The topological polar surface area (TPSA) is 102 Å². The average Bonchev–Trinajstić information content (AvgIpc) is 3.47. The number of nitrogens with zero attached hydrogens (tertiary/aromatic N) is 4. The Bertz CT molecular complexity index is 1190. The maximum Gasteiger partial charge on any atom is 0.292 e. The zero-order valence-electron chi connectivity index (χ0n) is 20.3. The molecular weight excluding hydrogens is 543 g/mol. The molecule has 0 amide bonds. The summed E-state index contributed by atoms with van der Waals surface area (Å²) in [6.45, 7) is 7.08. The monoisotopic (exact) mass is 570 g/mol. The molecule has 0 aliphatic heterocycles. The minimum atomic E-state index is -0.443. The molecule has 2 heterocycles. The van der Waals surface area contributed by atoms with Crippen LogP contribution < -0.4 is 4.90 Å². The van der Waals surface area contributed by atoms with Gasteiger partial charge in [0.25, 0.3) is 5.69 Å². The van der Waals surface area contributed by atoms with E-state index in [0.29, 0.717) is 52.8 Å². The van der Waals surface area contributed by atoms with Gasteiger partial charge < -0.3 is 9.32 Å². The molecule has 3 aromatic rings. The number of oxazole rings is 1. The van der Waals surface area contributed by atoms with Gasteiger partial charge in [-0.2, -0.15) is 0 Å². The number of nitro benzene ring substituents is 1. The summed E-state index contributed by atoms with van der Waals surface area (Å²) in [4.78, 5) is 34.4. The molecule has 0 aliphatic rings. The molecule has 0 N–H and O–H groups in total. The number of halogens is 2. The van der Waals surface area contributed by atoms with E-state index in [-0.39, 0.29) is 29.7 Å². The van der Waals surface area contributed by atoms with Crippen LogP contribution in [0.3, 0.4) is 0 Å². The summed E-state index contributed by atoms with van der Waals surface area (Å²) in [6, 6.07) is 4.85. The molecule has 3 rings (SSSR count). The zero-order valence-corrected chi connectivity index (χ0v) is 23.5. The van der Waals surface area contributed by atoms with Crippen LogP contribution in [0.15, 0.2) is 39.2 Å². The Labute approximate surface area is 228 Å². The molecule has 0 unspecified atom stereocenters. The van der Waals surface area contributed by atoms with E-state index in [1.165, 1.54) is 17.4 Å². The van der Waals surface area contributed by atoms with E-state index in [1.807, 2.05) is 0 Å². The van der Waals surface area contributed by atoms with Crippen molar-refractivity contribution in [2.24, 2.45) is 0 Å². The zero-order chi connectivity index (χ0) is 26.3. The second kappa shape index (κ2) is 12.9. The van der Waals surface area contributed by atoms with Crippen LogP contribution in [0, 0.1) is 10.1 Å². The highest BCUT2D eigenvalue weighted by molar-refractivity contribution is 8.00. The van der Waals surface area contributed by atoms with Crippen LogP contribution in [0.2, 0.25) is 0 Å². The molecule has 2 aromatic heterocycles. The first-order chi connectivity index (χ1) is 17.1. The molecule has 0 aliphatic carbocycles. The standard InChI is InChI=1S/C24H28Cl2N4O4S2/c1-24(2,3)20-13-27-21(34-20)15-35-23-14-28-22(36-23)12-17(31)10-16-4-5-18(19(11-16)30(32)33)29(8-6-25)9-7-26/h4-5,11,13-14H,6-10,12,15H2,1-3H3. The third kappa shape index (κ3) is 7.93. The van der Waals surface area contributed by atoms with Crippen molar-refractivity contribution in [2.75, 3.05) is 29.7 Å². The molecule has 8 nitrogen and oxygen atoms in total. The summed E-state index contributed by atoms with van der Waals surface area (Å²) in [5, 5.41) is 12.4. The number of benzene rings is 1. The fraction of sp³-hybridized carbons (Fsp3) is 0.458. The van der Waals surface area contributed by atoms with Crippen LogP contribution in [-0.2, 0) is 28.8 Å². The van der Waals surface area contributed by atoms with Crippen molar-refractivity contribution in [3.63, 3.8) is 0 Å². The van der Waals surface area contributed by atoms with E-state index in [1.54, 1.807) is 41.2 Å². The highest BCUT2D eigenvalue weighted by Gasteiger charge is 2.21. The number of ketones is 1. The quantitative estimate of drug-likeness (QED) is 0.102. The summed E-state index contributed by atoms with van der Waals surface area (Å²) in [5.74, 6) is 2.64. The summed E-state index contributed by atoms with van der Waals surface area (Å²) in [6.07, 6.45) is 3.75. The lowest BCUT2D eigenvalue weighted by molar-refractivity contribution is -0.384. The van der Waals surface area contributed by atoms with Crippen molar-refractivity contribution in [3.05, 3.63) is 62.9 Å². The van der Waals surface area contributed by atoms with Gasteiger partial charge in [-0.15, -0.1) is 46.3 Å². The first kappa shape index (κ1) is 28.4. The SMILES string of the molecule is CC(C)(C)c1cnc(CSc2cnc(CC(=O)Cc3ccc(N(CCCl)CCCl)c([N+](=O)[O-])c3)s2)o1. The number of Topliss-reactive ketones (excluding diaryl/α,β-unsaturated/α-hetero) is 1. The average molecular weight is 572 g/mol. The highest BCUT2D eigenvalue weighted by Crippen LogP contribution is 2.32. The molecular formula is C24H28Cl2N4O4S2. The van der Waals surface area contributed by atoms with Crippen LogP contribution in [0.4, 0.5) is 11.4 Å². The van der Waals surface area contributed by atoms with Crippen molar-refractivity contribution in [1.29, 1.82) is 0 Å². The van der Waals surface area contributed by atoms with E-state index in [9.17, 15) is 14.9 Å². The number of rotatable bonds is 13. The van der Waals surface area contributed by atoms with Gasteiger partial charge in [-0.05, 0) is 11.6 Å². The fourth-order valence-electron chi connectivity index (χ4n) is 3.41. The summed E-state index contributed by atoms with van der Waals surface area (Å²) in [7, 11) is 0. The van der Waals surface area contributed by atoms with Gasteiger partial charge in [-0.25, -0.2) is 9.97 Å². The summed E-state index contributed by atoms with van der Waals surface area (Å²) >= 11 is 14.7. The number of thioether (sulfide) groups is 1. The van der Waals surface area contributed by atoms with Gasteiger partial charge >= 0.3 is 0 Å². The Morgan fingerprint density at radius 3 is 2.50 bits per heavy atom. The molecule has 194 valence electrons. The van der Waals surface area contributed by atoms with E-state index in [4.69, 9.17) is 27.6 Å². The second-order valence-electron chi connectivity index (χ2n) is 9.07. The van der Waals surface area contributed by atoms with Crippen molar-refractivity contribution in [2.45, 2.75) is 49.0 Å². The van der Waals surface area contributed by atoms with Crippen LogP contribution in [-0.4, -0.2) is 45.5 Å². The van der Waals surface area contributed by atoms with Crippen molar-refractivity contribution < 1.29 is 14.1 Å². The van der Waals surface area contributed by atoms with Crippen molar-refractivity contribution >= 4 is 63.5 Å². The molecule has 36 heavy (non-hydrogen) atoms. The summed E-state index contributed by atoms with van der Waals surface area (Å²) in [5.41, 5.74) is 0.865. The predicted octanol–water partition coefficient (Wildman–Crippen LogP) is 6.27. The number of anilines is 1. The Balaban J connectivity index is 1.60. The van der Waals surface area contributed by atoms with Gasteiger partial charge in [0.1, 0.15) is 22.2 Å². The number of hydrogen-bond acceptors (Lipinski definition) is 9. The molecule has 0 spiro atoms. The van der Waals surface area contributed by atoms with Gasteiger partial charge in [0.05, 0.1) is 33.7 Å². The number of carbonyl (C=O) groups is 1. The van der Waals surface area contributed by atoms with E-state index >= 15 is 0 Å². The van der Waals surface area contributed by atoms with E-state index in [0.717, 1.165) is 9.97 Å². The molecule has 12 heteroatoms. The number of nitro groups is 1. The van der Waals surface area contributed by atoms with Crippen molar-refractivity contribution in [3.8, 4) is 0 Å². The molecule has 0 radical (unpaired) electrons. The minimum absolute atomic E-state index is 0.0652. The van der Waals surface area contributed by atoms with Crippen LogP contribution in [0.5, 0.6) is 0 Å². The largest absolute Gasteiger partial charge is 0.444 e. The number of aromatic nitrogens is 2. The minimum Gasteiger partial charge on any atom is -0.444 e. The number of carbonyl (C=O) groups excluding carboxylic acids is 1. The van der Waals surface area contributed by atoms with Gasteiger partial charge in [-0.1, -0.05) is 26.8 Å². The Hall–Kier alpha value is -2.14. The maximum absolute atomic E-state index is 12.7. The van der Waals surface area contributed by atoms with E-state index in [2.05, 4.69) is 30.7 Å². The Morgan fingerprint density at radius 1 is 1.17 bits per heavy atom. The molecule has 1 aromatic carbocycles. The van der Waals surface area contributed by atoms with Crippen LogP contribution in [0.25, 0.3) is 0 Å². The van der Waals surface area contributed by atoms with Gasteiger partial charge in [0, 0.05) is 42.8 Å². The van der Waals surface area contributed by atoms with Gasteiger partial charge in [-0.3, -0.25) is 14.9 Å². The number of thiazole rings is 1. The lowest BCUT2D eigenvalue weighted by Crippen LogP contribution is -2.28. The first-order valence-corrected chi connectivity index (χ1v) is 14.2. The lowest BCUT2D eigenvalue weighted by atomic mass is 9.94. The van der Waals surface area contributed by atoms with Crippen molar-refractivity contribution in [1.82, 2.24) is 9.97 Å². The number of hydrogen-bond donors (Lipinski definition) is 0. The van der Waals surface area contributed by atoms with Crippen LogP contribution in [0.1, 0.15) is 43.0 Å². The normalized spacial score (nSPS) is 11.6. The molecule has 0 atom stereocenters. The fourth-order valence-corrected chi connectivity index (χ4v) is 5.72.